The van der Waals surface area contributed by atoms with E-state index in [0.717, 1.165) is 38.1 Å². The highest BCUT2D eigenvalue weighted by molar-refractivity contribution is 5.73. The summed E-state index contributed by atoms with van der Waals surface area (Å²) >= 11 is 0. The Morgan fingerprint density at radius 3 is 2.57 bits per heavy atom. The van der Waals surface area contributed by atoms with Crippen molar-refractivity contribution in [2.45, 2.75) is 82.5 Å². The van der Waals surface area contributed by atoms with Crippen molar-refractivity contribution in [1.82, 2.24) is 9.80 Å². The zero-order chi connectivity index (χ0) is 15.0. The van der Waals surface area contributed by atoms with Crippen LogP contribution in [0.15, 0.2) is 0 Å². The third-order valence-corrected chi connectivity index (χ3v) is 6.31. The lowest BCUT2D eigenvalue weighted by atomic mass is 9.74. The molecule has 3 fully saturated rings. The van der Waals surface area contributed by atoms with Crippen molar-refractivity contribution in [3.05, 3.63) is 0 Å². The third-order valence-electron chi connectivity index (χ3n) is 6.31. The molecule has 2 aliphatic heterocycles. The first-order valence-electron chi connectivity index (χ1n) is 8.78. The lowest BCUT2D eigenvalue weighted by Gasteiger charge is -2.52. The fourth-order valence-electron chi connectivity index (χ4n) is 4.98. The number of carboxylic acid groups (broad SMARTS) is 1. The highest BCUT2D eigenvalue weighted by Crippen LogP contribution is 2.41. The number of nitrogens with zero attached hydrogens (tertiary/aromatic N) is 2. The van der Waals surface area contributed by atoms with Crippen LogP contribution in [0, 0.1) is 5.92 Å². The van der Waals surface area contributed by atoms with Crippen LogP contribution in [0.1, 0.15) is 58.3 Å². The van der Waals surface area contributed by atoms with E-state index in [1.54, 1.807) is 0 Å². The first-order valence-corrected chi connectivity index (χ1v) is 8.78. The summed E-state index contributed by atoms with van der Waals surface area (Å²) in [7, 11) is 2.19. The van der Waals surface area contributed by atoms with Crippen LogP contribution in [0.5, 0.6) is 0 Å². The van der Waals surface area contributed by atoms with Gasteiger partial charge in [-0.05, 0) is 65.0 Å². The number of hydrogen-bond acceptors (Lipinski definition) is 3. The van der Waals surface area contributed by atoms with Crippen LogP contribution in [-0.2, 0) is 4.79 Å². The molecule has 4 heteroatoms. The Morgan fingerprint density at radius 2 is 1.86 bits per heavy atom. The quantitative estimate of drug-likeness (QED) is 0.850. The lowest BCUT2D eigenvalue weighted by molar-refractivity contribution is -0.151. The van der Waals surface area contributed by atoms with Crippen molar-refractivity contribution in [1.29, 1.82) is 0 Å². The molecule has 2 heterocycles. The number of likely N-dealkylation sites (tertiary alicyclic amines) is 2. The molecule has 3 aliphatic rings. The summed E-state index contributed by atoms with van der Waals surface area (Å²) in [5, 5.41) is 9.70. The minimum absolute atomic E-state index is 0.232. The van der Waals surface area contributed by atoms with E-state index in [2.05, 4.69) is 23.8 Å². The van der Waals surface area contributed by atoms with Gasteiger partial charge in [0.2, 0.25) is 0 Å². The number of piperidine rings is 2. The molecule has 21 heavy (non-hydrogen) atoms. The van der Waals surface area contributed by atoms with Crippen molar-refractivity contribution < 1.29 is 9.90 Å². The fraction of sp³-hybridized carbons (Fsp3) is 0.941. The van der Waals surface area contributed by atoms with Gasteiger partial charge < -0.3 is 10.0 Å². The van der Waals surface area contributed by atoms with Crippen molar-refractivity contribution in [2.24, 2.45) is 5.92 Å². The molecule has 1 aliphatic carbocycles. The van der Waals surface area contributed by atoms with Crippen LogP contribution in [-0.4, -0.2) is 58.6 Å². The van der Waals surface area contributed by atoms with Gasteiger partial charge in [-0.2, -0.15) is 0 Å². The minimum Gasteiger partial charge on any atom is -0.480 e. The standard InChI is InChI=1S/C17H30N2O2/c1-12-11-14(9-10-18(12)2)19-15-6-4-3-5-13(15)7-8-16(19)17(20)21/h12-16H,3-11H2,1-2H3,(H,20,21). The van der Waals surface area contributed by atoms with E-state index >= 15 is 0 Å². The summed E-state index contributed by atoms with van der Waals surface area (Å²) < 4.78 is 0. The number of aliphatic carboxylic acids is 1. The number of fused-ring (bicyclic) bond motifs is 1. The number of carbonyl (C=O) groups is 1. The molecular formula is C17H30N2O2. The monoisotopic (exact) mass is 294 g/mol. The normalized spacial score (nSPS) is 42.5. The van der Waals surface area contributed by atoms with E-state index < -0.39 is 5.97 Å². The Morgan fingerprint density at radius 1 is 1.10 bits per heavy atom. The molecule has 0 aromatic carbocycles. The highest BCUT2D eigenvalue weighted by atomic mass is 16.4. The molecule has 0 spiro atoms. The van der Waals surface area contributed by atoms with Crippen LogP contribution in [0.2, 0.25) is 0 Å². The molecule has 0 amide bonds. The molecule has 3 rings (SSSR count). The first-order chi connectivity index (χ1) is 10.1. The van der Waals surface area contributed by atoms with Crippen LogP contribution in [0.25, 0.3) is 0 Å². The number of hydrogen-bond donors (Lipinski definition) is 1. The largest absolute Gasteiger partial charge is 0.480 e. The Kier molecular flexibility index (Phi) is 4.55. The second-order valence-electron chi connectivity index (χ2n) is 7.50. The van der Waals surface area contributed by atoms with Gasteiger partial charge in [0.1, 0.15) is 6.04 Å². The summed E-state index contributed by atoms with van der Waals surface area (Å²) in [5.41, 5.74) is 0. The van der Waals surface area contributed by atoms with Crippen molar-refractivity contribution in [2.75, 3.05) is 13.6 Å². The molecule has 5 atom stereocenters. The van der Waals surface area contributed by atoms with Crippen molar-refractivity contribution in [3.63, 3.8) is 0 Å². The second kappa shape index (κ2) is 6.25. The molecule has 4 nitrogen and oxygen atoms in total. The molecule has 0 radical (unpaired) electrons. The molecule has 5 unspecified atom stereocenters. The predicted molar refractivity (Wildman–Crippen MR) is 83.4 cm³/mol. The Labute approximate surface area is 128 Å². The molecular weight excluding hydrogens is 264 g/mol. The minimum atomic E-state index is -0.592. The van der Waals surface area contributed by atoms with Gasteiger partial charge in [0, 0.05) is 18.1 Å². The lowest BCUT2D eigenvalue weighted by Crippen LogP contribution is -2.61. The van der Waals surface area contributed by atoms with Crippen LogP contribution < -0.4 is 0 Å². The van der Waals surface area contributed by atoms with Gasteiger partial charge in [-0.25, -0.2) is 0 Å². The fourth-order valence-corrected chi connectivity index (χ4v) is 4.98. The topological polar surface area (TPSA) is 43.8 Å². The molecule has 1 N–H and O–H groups in total. The number of rotatable bonds is 2. The zero-order valence-corrected chi connectivity index (χ0v) is 13.5. The van der Waals surface area contributed by atoms with E-state index in [4.69, 9.17) is 0 Å². The molecule has 0 aromatic rings. The molecule has 0 aromatic heterocycles. The third kappa shape index (κ3) is 2.98. The van der Waals surface area contributed by atoms with Crippen molar-refractivity contribution in [3.8, 4) is 0 Å². The van der Waals surface area contributed by atoms with Gasteiger partial charge in [-0.15, -0.1) is 0 Å². The zero-order valence-electron chi connectivity index (χ0n) is 13.5. The van der Waals surface area contributed by atoms with E-state index in [-0.39, 0.29) is 6.04 Å². The summed E-state index contributed by atoms with van der Waals surface area (Å²) in [5.74, 6) is 0.162. The van der Waals surface area contributed by atoms with Gasteiger partial charge in [0.25, 0.3) is 0 Å². The van der Waals surface area contributed by atoms with Gasteiger partial charge in [-0.3, -0.25) is 9.69 Å². The maximum atomic E-state index is 11.8. The maximum Gasteiger partial charge on any atom is 0.320 e. The Bertz CT molecular complexity index is 387. The second-order valence-corrected chi connectivity index (χ2v) is 7.50. The van der Waals surface area contributed by atoms with Gasteiger partial charge >= 0.3 is 5.97 Å². The Balaban J connectivity index is 1.80. The first kappa shape index (κ1) is 15.3. The van der Waals surface area contributed by atoms with Crippen molar-refractivity contribution >= 4 is 5.97 Å². The van der Waals surface area contributed by atoms with Gasteiger partial charge in [0.05, 0.1) is 0 Å². The summed E-state index contributed by atoms with van der Waals surface area (Å²) in [6.07, 6.45) is 9.41. The van der Waals surface area contributed by atoms with Gasteiger partial charge in [-0.1, -0.05) is 12.8 Å². The molecule has 120 valence electrons. The van der Waals surface area contributed by atoms with Gasteiger partial charge in [0.15, 0.2) is 0 Å². The van der Waals surface area contributed by atoms with E-state index in [0.29, 0.717) is 18.1 Å². The Hall–Kier alpha value is -0.610. The molecule has 2 saturated heterocycles. The summed E-state index contributed by atoms with van der Waals surface area (Å²) in [6, 6.07) is 1.35. The SMILES string of the molecule is CC1CC(N2C(C(=O)O)CCC3CCCCC32)CCN1C. The highest BCUT2D eigenvalue weighted by Gasteiger charge is 2.45. The smallest absolute Gasteiger partial charge is 0.320 e. The average Bonchev–Trinajstić information content (AvgIpc) is 2.49. The summed E-state index contributed by atoms with van der Waals surface area (Å²) in [4.78, 5) is 16.6. The van der Waals surface area contributed by atoms with E-state index in [1.807, 2.05) is 0 Å². The summed E-state index contributed by atoms with van der Waals surface area (Å²) in [6.45, 7) is 3.39. The molecule has 0 bridgehead atoms. The van der Waals surface area contributed by atoms with Crippen LogP contribution in [0.3, 0.4) is 0 Å². The van der Waals surface area contributed by atoms with E-state index in [9.17, 15) is 9.90 Å². The van der Waals surface area contributed by atoms with Crippen LogP contribution in [0.4, 0.5) is 0 Å². The predicted octanol–water partition coefficient (Wildman–Crippen LogP) is 2.58. The van der Waals surface area contributed by atoms with Crippen LogP contribution >= 0.6 is 0 Å². The van der Waals surface area contributed by atoms with E-state index in [1.165, 1.54) is 25.7 Å². The average molecular weight is 294 g/mol. The molecule has 1 saturated carbocycles. The maximum absolute atomic E-state index is 11.8. The number of carboxylic acids is 1.